The van der Waals surface area contributed by atoms with E-state index in [-0.39, 0.29) is 10.7 Å². The number of nitrogens with one attached hydrogen (secondary N) is 1. The normalized spacial score (nSPS) is 17.4. The zero-order valence-corrected chi connectivity index (χ0v) is 13.6. The molecule has 1 aromatic carbocycles. The Morgan fingerprint density at radius 1 is 1.37 bits per heavy atom. The maximum absolute atomic E-state index is 11.7. The molecular formula is C15H20BrNOS. The summed E-state index contributed by atoms with van der Waals surface area (Å²) in [5.41, 5.74) is 0.874. The lowest BCUT2D eigenvalue weighted by Crippen LogP contribution is -2.21. The molecule has 0 spiro atoms. The first-order chi connectivity index (χ1) is 9.19. The quantitative estimate of drug-likeness (QED) is 0.777. The Kier molecular flexibility index (Phi) is 5.76. The molecule has 1 aliphatic rings. The largest absolute Gasteiger partial charge is 0.325 e. The van der Waals surface area contributed by atoms with Crippen molar-refractivity contribution in [2.24, 2.45) is 0 Å². The molecule has 1 saturated carbocycles. The molecule has 0 aromatic heterocycles. The molecule has 1 atom stereocenters. The van der Waals surface area contributed by atoms with E-state index in [1.807, 2.05) is 30.8 Å². The van der Waals surface area contributed by atoms with Gasteiger partial charge in [-0.3, -0.25) is 4.79 Å². The third-order valence-corrected chi connectivity index (χ3v) is 5.78. The molecule has 1 aromatic rings. The van der Waals surface area contributed by atoms with Crippen molar-refractivity contribution in [3.05, 3.63) is 24.3 Å². The molecule has 1 unspecified atom stereocenters. The third-order valence-electron chi connectivity index (χ3n) is 3.37. The molecule has 104 valence electrons. The van der Waals surface area contributed by atoms with Crippen LogP contribution in [-0.2, 0) is 4.79 Å². The number of carbonyl (C=O) groups is 1. The number of thioether (sulfide) groups is 1. The van der Waals surface area contributed by atoms with Gasteiger partial charge >= 0.3 is 0 Å². The van der Waals surface area contributed by atoms with Crippen LogP contribution < -0.4 is 5.32 Å². The van der Waals surface area contributed by atoms with Crippen molar-refractivity contribution < 1.29 is 4.79 Å². The second-order valence-electron chi connectivity index (χ2n) is 4.91. The predicted octanol–water partition coefficient (Wildman–Crippen LogP) is 4.83. The maximum atomic E-state index is 11.7. The number of benzene rings is 1. The van der Waals surface area contributed by atoms with Gasteiger partial charge in [0.2, 0.25) is 5.91 Å². The van der Waals surface area contributed by atoms with Gasteiger partial charge in [-0.05, 0) is 43.5 Å². The number of hydrogen-bond acceptors (Lipinski definition) is 2. The van der Waals surface area contributed by atoms with Crippen LogP contribution in [0.1, 0.15) is 39.0 Å². The summed E-state index contributed by atoms with van der Waals surface area (Å²) in [7, 11) is 0. The monoisotopic (exact) mass is 341 g/mol. The fourth-order valence-electron chi connectivity index (χ4n) is 2.22. The Hall–Kier alpha value is -0.480. The summed E-state index contributed by atoms with van der Waals surface area (Å²) in [5.74, 6) is 0.0266. The van der Waals surface area contributed by atoms with Gasteiger partial charge in [-0.2, -0.15) is 0 Å². The Morgan fingerprint density at radius 2 is 2.00 bits per heavy atom. The zero-order chi connectivity index (χ0) is 13.7. The summed E-state index contributed by atoms with van der Waals surface area (Å²) >= 11 is 5.32. The molecule has 2 rings (SSSR count). The predicted molar refractivity (Wildman–Crippen MR) is 86.2 cm³/mol. The minimum Gasteiger partial charge on any atom is -0.325 e. The highest BCUT2D eigenvalue weighted by Crippen LogP contribution is 2.34. The van der Waals surface area contributed by atoms with E-state index in [1.165, 1.54) is 30.6 Å². The average Bonchev–Trinajstić information content (AvgIpc) is 2.93. The van der Waals surface area contributed by atoms with E-state index in [0.717, 1.165) is 17.4 Å². The van der Waals surface area contributed by atoms with Gasteiger partial charge in [-0.25, -0.2) is 0 Å². The number of rotatable bonds is 5. The van der Waals surface area contributed by atoms with E-state index in [2.05, 4.69) is 33.4 Å². The summed E-state index contributed by atoms with van der Waals surface area (Å²) in [6.45, 7) is 1.99. The van der Waals surface area contributed by atoms with E-state index in [9.17, 15) is 4.79 Å². The fourth-order valence-corrected chi connectivity index (χ4v) is 3.58. The highest BCUT2D eigenvalue weighted by atomic mass is 79.9. The van der Waals surface area contributed by atoms with Gasteiger partial charge in [0.25, 0.3) is 0 Å². The second kappa shape index (κ2) is 7.34. The number of anilines is 1. The summed E-state index contributed by atoms with van der Waals surface area (Å²) < 4.78 is 0. The van der Waals surface area contributed by atoms with Gasteiger partial charge in [0.1, 0.15) is 0 Å². The molecule has 1 amide bonds. The molecule has 0 saturated heterocycles. The van der Waals surface area contributed by atoms with Crippen molar-refractivity contribution in [1.29, 1.82) is 0 Å². The first-order valence-corrected chi connectivity index (χ1v) is 8.70. The van der Waals surface area contributed by atoms with Gasteiger partial charge < -0.3 is 5.32 Å². The molecule has 1 N–H and O–H groups in total. The maximum Gasteiger partial charge on any atom is 0.238 e. The molecule has 0 bridgehead atoms. The summed E-state index contributed by atoms with van der Waals surface area (Å²) in [6.07, 6.45) is 6.21. The van der Waals surface area contributed by atoms with Crippen molar-refractivity contribution in [3.63, 3.8) is 0 Å². The van der Waals surface area contributed by atoms with E-state index < -0.39 is 0 Å². The highest BCUT2D eigenvalue weighted by molar-refractivity contribution is 9.10. The molecule has 1 aliphatic carbocycles. The number of halogens is 1. The topological polar surface area (TPSA) is 29.1 Å². The molecule has 4 heteroatoms. The Balaban J connectivity index is 1.88. The van der Waals surface area contributed by atoms with Crippen LogP contribution in [0.15, 0.2) is 29.2 Å². The van der Waals surface area contributed by atoms with Gasteiger partial charge in [0.05, 0.1) is 4.83 Å². The molecule has 2 nitrogen and oxygen atoms in total. The lowest BCUT2D eigenvalue weighted by molar-refractivity contribution is -0.115. The van der Waals surface area contributed by atoms with E-state index in [4.69, 9.17) is 0 Å². The lowest BCUT2D eigenvalue weighted by atomic mass is 10.3. The molecule has 19 heavy (non-hydrogen) atoms. The summed E-state index contributed by atoms with van der Waals surface area (Å²) in [6, 6.07) is 8.19. The van der Waals surface area contributed by atoms with Gasteiger partial charge in [0, 0.05) is 15.8 Å². The molecule has 1 fully saturated rings. The molecule has 0 radical (unpaired) electrons. The lowest BCUT2D eigenvalue weighted by Gasteiger charge is -2.11. The summed E-state index contributed by atoms with van der Waals surface area (Å²) in [5, 5.41) is 3.70. The van der Waals surface area contributed by atoms with Crippen molar-refractivity contribution in [1.82, 2.24) is 0 Å². The van der Waals surface area contributed by atoms with Gasteiger partial charge in [-0.15, -0.1) is 11.8 Å². The van der Waals surface area contributed by atoms with Gasteiger partial charge in [-0.1, -0.05) is 35.7 Å². The third kappa shape index (κ3) is 4.53. The minimum atomic E-state index is -0.111. The molecular weight excluding hydrogens is 322 g/mol. The van der Waals surface area contributed by atoms with Crippen LogP contribution in [0.5, 0.6) is 0 Å². The van der Waals surface area contributed by atoms with Crippen LogP contribution in [0.4, 0.5) is 5.69 Å². The highest BCUT2D eigenvalue weighted by Gasteiger charge is 2.16. The van der Waals surface area contributed by atoms with Crippen molar-refractivity contribution in [2.45, 2.75) is 54.0 Å². The van der Waals surface area contributed by atoms with Crippen LogP contribution in [0, 0.1) is 0 Å². The first-order valence-electron chi connectivity index (χ1n) is 6.90. The van der Waals surface area contributed by atoms with Crippen LogP contribution in [0.3, 0.4) is 0 Å². The van der Waals surface area contributed by atoms with Crippen molar-refractivity contribution in [3.8, 4) is 0 Å². The Morgan fingerprint density at radius 3 is 2.58 bits per heavy atom. The Bertz CT molecular complexity index is 415. The number of carbonyl (C=O) groups excluding carboxylic acids is 1. The number of hydrogen-bond donors (Lipinski definition) is 1. The van der Waals surface area contributed by atoms with E-state index in [0.29, 0.717) is 0 Å². The minimum absolute atomic E-state index is 0.0266. The number of amides is 1. The van der Waals surface area contributed by atoms with Gasteiger partial charge in [0.15, 0.2) is 0 Å². The Labute approximate surface area is 127 Å². The fraction of sp³-hybridized carbons (Fsp3) is 0.533. The standard InChI is InChI=1S/C15H20BrNOS/c1-2-14(16)15(18)17-11-7-9-13(10-8-11)19-12-5-3-4-6-12/h7-10,12,14H,2-6H2,1H3,(H,17,18). The first kappa shape index (κ1) is 14.9. The smallest absolute Gasteiger partial charge is 0.238 e. The second-order valence-corrected chi connectivity index (χ2v) is 7.39. The van der Waals surface area contributed by atoms with Crippen LogP contribution in [0.2, 0.25) is 0 Å². The summed E-state index contributed by atoms with van der Waals surface area (Å²) in [4.78, 5) is 12.9. The molecule has 0 heterocycles. The van der Waals surface area contributed by atoms with E-state index in [1.54, 1.807) is 0 Å². The zero-order valence-electron chi connectivity index (χ0n) is 11.2. The average molecular weight is 342 g/mol. The van der Waals surface area contributed by atoms with Crippen LogP contribution >= 0.6 is 27.7 Å². The van der Waals surface area contributed by atoms with Crippen molar-refractivity contribution in [2.75, 3.05) is 5.32 Å². The molecule has 0 aliphatic heterocycles. The van der Waals surface area contributed by atoms with Crippen molar-refractivity contribution >= 4 is 39.3 Å². The van der Waals surface area contributed by atoms with E-state index >= 15 is 0 Å². The number of alkyl halides is 1. The van der Waals surface area contributed by atoms with Crippen LogP contribution in [0.25, 0.3) is 0 Å². The van der Waals surface area contributed by atoms with Crippen LogP contribution in [-0.4, -0.2) is 16.0 Å². The SMILES string of the molecule is CCC(Br)C(=O)Nc1ccc(SC2CCCC2)cc1.